The van der Waals surface area contributed by atoms with Gasteiger partial charge in [0.05, 0.1) is 10.6 Å². The first-order valence-corrected chi connectivity index (χ1v) is 8.14. The van der Waals surface area contributed by atoms with Gasteiger partial charge in [0, 0.05) is 12.4 Å². The average Bonchev–Trinajstić information content (AvgIpc) is 2.54. The number of carboxylic acid groups (broad SMARTS) is 1. The van der Waals surface area contributed by atoms with Crippen LogP contribution in [0.25, 0.3) is 10.8 Å². The fourth-order valence-electron chi connectivity index (χ4n) is 2.19. The Morgan fingerprint density at radius 3 is 2.52 bits per heavy atom. The molecule has 0 radical (unpaired) electrons. The zero-order valence-electron chi connectivity index (χ0n) is 11.8. The minimum Gasteiger partial charge on any atom is -0.478 e. The van der Waals surface area contributed by atoms with Crippen LogP contribution in [-0.4, -0.2) is 24.5 Å². The lowest BCUT2D eigenvalue weighted by Gasteiger charge is -2.10. The van der Waals surface area contributed by atoms with Gasteiger partial charge in [-0.15, -0.1) is 0 Å². The molecule has 3 rings (SSSR count). The quantitative estimate of drug-likeness (QED) is 0.767. The molecule has 1 heterocycles. The van der Waals surface area contributed by atoms with Gasteiger partial charge in [0.2, 0.25) is 0 Å². The third-order valence-corrected chi connectivity index (χ3v) is 4.69. The molecule has 2 aromatic carbocycles. The van der Waals surface area contributed by atoms with Crippen molar-refractivity contribution in [3.63, 3.8) is 0 Å². The second-order valence-corrected chi connectivity index (χ2v) is 6.52. The molecule has 2 N–H and O–H groups in total. The molecule has 0 fully saturated rings. The molecule has 0 aliphatic carbocycles. The summed E-state index contributed by atoms with van der Waals surface area (Å²) >= 11 is 0. The van der Waals surface area contributed by atoms with Gasteiger partial charge in [-0.25, -0.2) is 13.2 Å². The van der Waals surface area contributed by atoms with Gasteiger partial charge in [-0.3, -0.25) is 9.71 Å². The zero-order chi connectivity index (χ0) is 16.4. The highest BCUT2D eigenvalue weighted by Gasteiger charge is 2.18. The third-order valence-electron chi connectivity index (χ3n) is 3.33. The Hall–Kier alpha value is -2.93. The number of aromatic carboxylic acids is 1. The predicted molar refractivity (Wildman–Crippen MR) is 86.0 cm³/mol. The van der Waals surface area contributed by atoms with E-state index in [9.17, 15) is 13.2 Å². The highest BCUT2D eigenvalue weighted by molar-refractivity contribution is 7.92. The van der Waals surface area contributed by atoms with Crippen molar-refractivity contribution in [2.24, 2.45) is 0 Å². The van der Waals surface area contributed by atoms with Gasteiger partial charge in [-0.05, 0) is 29.0 Å². The second kappa shape index (κ2) is 5.69. The first-order chi connectivity index (χ1) is 11.0. The topological polar surface area (TPSA) is 96.4 Å². The largest absolute Gasteiger partial charge is 0.478 e. The summed E-state index contributed by atoms with van der Waals surface area (Å²) in [5.74, 6) is -1.26. The summed E-state index contributed by atoms with van der Waals surface area (Å²) in [7, 11) is -3.90. The Morgan fingerprint density at radius 1 is 1.04 bits per heavy atom. The SMILES string of the molecule is O=C(O)c1cnccc1NS(=O)(=O)c1ccc2ccccc2c1. The van der Waals surface area contributed by atoms with E-state index in [0.717, 1.165) is 17.0 Å². The summed E-state index contributed by atoms with van der Waals surface area (Å²) in [4.78, 5) is 14.9. The molecule has 0 aliphatic rings. The molecule has 0 atom stereocenters. The summed E-state index contributed by atoms with van der Waals surface area (Å²) in [6.45, 7) is 0. The van der Waals surface area contributed by atoms with Crippen molar-refractivity contribution in [1.29, 1.82) is 0 Å². The lowest BCUT2D eigenvalue weighted by molar-refractivity contribution is 0.0697. The third kappa shape index (κ3) is 3.00. The van der Waals surface area contributed by atoms with Gasteiger partial charge in [0.15, 0.2) is 0 Å². The van der Waals surface area contributed by atoms with Gasteiger partial charge in [0.25, 0.3) is 10.0 Å². The van der Waals surface area contributed by atoms with Gasteiger partial charge in [-0.2, -0.15) is 0 Å². The molecular weight excluding hydrogens is 316 g/mol. The molecule has 116 valence electrons. The standard InChI is InChI=1S/C16H12N2O4S/c19-16(20)14-10-17-8-7-15(14)18-23(21,22)13-6-5-11-3-1-2-4-12(11)9-13/h1-10H,(H,17,18)(H,19,20). The van der Waals surface area contributed by atoms with Gasteiger partial charge >= 0.3 is 5.97 Å². The number of rotatable bonds is 4. The van der Waals surface area contributed by atoms with Crippen molar-refractivity contribution < 1.29 is 18.3 Å². The predicted octanol–water partition coefficient (Wildman–Crippen LogP) is 2.73. The van der Waals surface area contributed by atoms with Crippen LogP contribution < -0.4 is 4.72 Å². The van der Waals surface area contributed by atoms with Crippen molar-refractivity contribution in [3.05, 3.63) is 66.5 Å². The maximum absolute atomic E-state index is 12.5. The van der Waals surface area contributed by atoms with E-state index in [1.54, 1.807) is 12.1 Å². The van der Waals surface area contributed by atoms with E-state index < -0.39 is 16.0 Å². The summed E-state index contributed by atoms with van der Waals surface area (Å²) in [6, 6.07) is 13.4. The maximum atomic E-state index is 12.5. The molecule has 0 saturated heterocycles. The Balaban J connectivity index is 2.03. The number of benzene rings is 2. The monoisotopic (exact) mass is 328 g/mol. The minimum absolute atomic E-state index is 0.0272. The molecule has 6 nitrogen and oxygen atoms in total. The van der Waals surface area contributed by atoms with E-state index in [4.69, 9.17) is 5.11 Å². The first kappa shape index (κ1) is 15.0. The Labute approximate surface area is 132 Å². The van der Waals surface area contributed by atoms with Crippen LogP contribution in [0, 0.1) is 0 Å². The fraction of sp³-hybridized carbons (Fsp3) is 0. The number of nitrogens with one attached hydrogen (secondary N) is 1. The van der Waals surface area contributed by atoms with E-state index in [-0.39, 0.29) is 16.1 Å². The second-order valence-electron chi connectivity index (χ2n) is 4.84. The number of fused-ring (bicyclic) bond motifs is 1. The van der Waals surface area contributed by atoms with Crippen LogP contribution in [0.15, 0.2) is 65.8 Å². The molecule has 0 saturated carbocycles. The number of carboxylic acids is 1. The van der Waals surface area contributed by atoms with Crippen molar-refractivity contribution in [3.8, 4) is 0 Å². The van der Waals surface area contributed by atoms with Crippen LogP contribution in [0.3, 0.4) is 0 Å². The Bertz CT molecular complexity index is 1000. The molecule has 0 amide bonds. The molecule has 23 heavy (non-hydrogen) atoms. The molecule has 3 aromatic rings. The van der Waals surface area contributed by atoms with Crippen LogP contribution >= 0.6 is 0 Å². The van der Waals surface area contributed by atoms with E-state index in [2.05, 4.69) is 9.71 Å². The van der Waals surface area contributed by atoms with Crippen LogP contribution in [0.5, 0.6) is 0 Å². The lowest BCUT2D eigenvalue weighted by Crippen LogP contribution is -2.15. The highest BCUT2D eigenvalue weighted by Crippen LogP contribution is 2.22. The number of nitrogens with zero attached hydrogens (tertiary/aromatic N) is 1. The van der Waals surface area contributed by atoms with Crippen LogP contribution in [0.4, 0.5) is 5.69 Å². The minimum atomic E-state index is -3.90. The van der Waals surface area contributed by atoms with Gasteiger partial charge in [-0.1, -0.05) is 30.3 Å². The molecule has 0 bridgehead atoms. The average molecular weight is 328 g/mol. The van der Waals surface area contributed by atoms with Crippen LogP contribution in [0.2, 0.25) is 0 Å². The van der Waals surface area contributed by atoms with E-state index >= 15 is 0 Å². The lowest BCUT2D eigenvalue weighted by atomic mass is 10.1. The number of pyridine rings is 1. The maximum Gasteiger partial charge on any atom is 0.339 e. The summed E-state index contributed by atoms with van der Waals surface area (Å²) in [6.07, 6.45) is 2.42. The zero-order valence-corrected chi connectivity index (χ0v) is 12.6. The van der Waals surface area contributed by atoms with Crippen LogP contribution in [0.1, 0.15) is 10.4 Å². The molecule has 1 aromatic heterocycles. The summed E-state index contributed by atoms with van der Waals surface area (Å²) in [5, 5.41) is 10.8. The smallest absolute Gasteiger partial charge is 0.339 e. The number of anilines is 1. The molecular formula is C16H12N2O4S. The van der Waals surface area contributed by atoms with Crippen LogP contribution in [-0.2, 0) is 10.0 Å². The first-order valence-electron chi connectivity index (χ1n) is 6.66. The number of hydrogen-bond donors (Lipinski definition) is 2. The number of carbonyl (C=O) groups is 1. The highest BCUT2D eigenvalue weighted by atomic mass is 32.2. The molecule has 0 aliphatic heterocycles. The number of aromatic nitrogens is 1. The van der Waals surface area contributed by atoms with E-state index in [0.29, 0.717) is 0 Å². The van der Waals surface area contributed by atoms with Crippen molar-refractivity contribution in [2.45, 2.75) is 4.90 Å². The van der Waals surface area contributed by atoms with E-state index in [1.165, 1.54) is 18.3 Å². The molecule has 0 spiro atoms. The van der Waals surface area contributed by atoms with E-state index in [1.807, 2.05) is 24.3 Å². The fourth-order valence-corrected chi connectivity index (χ4v) is 3.31. The molecule has 7 heteroatoms. The van der Waals surface area contributed by atoms with Gasteiger partial charge in [0.1, 0.15) is 5.56 Å². The van der Waals surface area contributed by atoms with Crippen molar-refractivity contribution in [1.82, 2.24) is 4.98 Å². The Kier molecular flexibility index (Phi) is 3.71. The van der Waals surface area contributed by atoms with Crippen molar-refractivity contribution in [2.75, 3.05) is 4.72 Å². The Morgan fingerprint density at radius 2 is 1.78 bits per heavy atom. The number of hydrogen-bond acceptors (Lipinski definition) is 4. The van der Waals surface area contributed by atoms with Gasteiger partial charge < -0.3 is 5.11 Å². The van der Waals surface area contributed by atoms with Crippen molar-refractivity contribution >= 4 is 32.5 Å². The molecule has 0 unspecified atom stereocenters. The summed E-state index contributed by atoms with van der Waals surface area (Å²) < 4.78 is 27.3. The normalized spacial score (nSPS) is 11.3. The number of sulfonamides is 1. The summed E-state index contributed by atoms with van der Waals surface area (Å²) in [5.41, 5.74) is -0.238.